The van der Waals surface area contributed by atoms with Crippen molar-refractivity contribution in [3.8, 4) is 0 Å². The van der Waals surface area contributed by atoms with Crippen molar-refractivity contribution >= 4 is 23.9 Å². The van der Waals surface area contributed by atoms with Crippen LogP contribution in [0, 0.1) is 11.8 Å². The number of amides is 1. The fourth-order valence-corrected chi connectivity index (χ4v) is 3.68. The molecule has 3 atom stereocenters. The zero-order valence-corrected chi connectivity index (χ0v) is 14.4. The molecule has 0 unspecified atom stereocenters. The van der Waals surface area contributed by atoms with Crippen molar-refractivity contribution < 1.29 is 9.53 Å². The van der Waals surface area contributed by atoms with Gasteiger partial charge < -0.3 is 4.74 Å². The number of benzene rings is 1. The Morgan fingerprint density at radius 3 is 2.71 bits per heavy atom. The second kappa shape index (κ2) is 8.34. The number of halogens is 1. The van der Waals surface area contributed by atoms with Crippen LogP contribution in [0.2, 0.25) is 0 Å². The number of alkyl halides is 1. The molecule has 24 heavy (non-hydrogen) atoms. The standard InChI is InChI=1S/C19H23ClN2O2/c20-13-17-9-5-4-8-16(17)10-11-21-22-18(14-24-19(22)23)12-15-6-2-1-3-7-15/h1-7,11,16-18H,8-10,12-14H2/b21-11+/t16-,17-,18-/m1/s1. The Balaban J connectivity index is 1.59. The summed E-state index contributed by atoms with van der Waals surface area (Å²) >= 11 is 6.05. The van der Waals surface area contributed by atoms with E-state index in [1.54, 1.807) is 0 Å². The van der Waals surface area contributed by atoms with Crippen molar-refractivity contribution in [2.24, 2.45) is 16.9 Å². The van der Waals surface area contributed by atoms with E-state index in [1.807, 2.05) is 24.4 Å². The molecule has 1 heterocycles. The predicted octanol–water partition coefficient (Wildman–Crippen LogP) is 4.25. The molecule has 2 aliphatic rings. The van der Waals surface area contributed by atoms with Gasteiger partial charge in [0.1, 0.15) is 6.61 Å². The molecule has 0 bridgehead atoms. The van der Waals surface area contributed by atoms with Crippen LogP contribution in [0.3, 0.4) is 0 Å². The van der Waals surface area contributed by atoms with Crippen LogP contribution in [0.4, 0.5) is 4.79 Å². The molecule has 128 valence electrons. The van der Waals surface area contributed by atoms with Gasteiger partial charge in [-0.1, -0.05) is 42.5 Å². The van der Waals surface area contributed by atoms with Crippen molar-refractivity contribution in [1.29, 1.82) is 0 Å². The largest absolute Gasteiger partial charge is 0.446 e. The molecular weight excluding hydrogens is 324 g/mol. The Morgan fingerprint density at radius 1 is 1.21 bits per heavy atom. The summed E-state index contributed by atoms with van der Waals surface area (Å²) in [6, 6.07) is 10.1. The van der Waals surface area contributed by atoms with Gasteiger partial charge in [0.05, 0.1) is 6.04 Å². The summed E-state index contributed by atoms with van der Waals surface area (Å²) in [5, 5.41) is 5.90. The number of allylic oxidation sites excluding steroid dienone is 2. The highest BCUT2D eigenvalue weighted by molar-refractivity contribution is 6.18. The maximum Gasteiger partial charge on any atom is 0.430 e. The second-order valence-electron chi connectivity index (χ2n) is 6.42. The summed E-state index contributed by atoms with van der Waals surface area (Å²) < 4.78 is 5.18. The second-order valence-corrected chi connectivity index (χ2v) is 6.72. The van der Waals surface area contributed by atoms with E-state index in [0.29, 0.717) is 24.3 Å². The van der Waals surface area contributed by atoms with Crippen LogP contribution in [-0.4, -0.2) is 35.8 Å². The molecule has 3 rings (SSSR count). The SMILES string of the molecule is O=C1OC[C@@H](Cc2ccccc2)N1/N=C/C[C@H]1CC=CC[C@@H]1CCl. The highest BCUT2D eigenvalue weighted by Crippen LogP contribution is 2.28. The zero-order valence-electron chi connectivity index (χ0n) is 13.7. The van der Waals surface area contributed by atoms with Crippen LogP contribution in [-0.2, 0) is 11.2 Å². The quantitative estimate of drug-likeness (QED) is 0.439. The minimum Gasteiger partial charge on any atom is -0.446 e. The van der Waals surface area contributed by atoms with Gasteiger partial charge >= 0.3 is 6.09 Å². The van der Waals surface area contributed by atoms with Gasteiger partial charge in [0.25, 0.3) is 0 Å². The fraction of sp³-hybridized carbons (Fsp3) is 0.474. The summed E-state index contributed by atoms with van der Waals surface area (Å²) in [5.41, 5.74) is 1.18. The smallest absolute Gasteiger partial charge is 0.430 e. The van der Waals surface area contributed by atoms with Crippen LogP contribution in [0.5, 0.6) is 0 Å². The van der Waals surface area contributed by atoms with Crippen molar-refractivity contribution in [3.05, 3.63) is 48.0 Å². The molecule has 0 spiro atoms. The molecule has 1 amide bonds. The van der Waals surface area contributed by atoms with E-state index in [4.69, 9.17) is 16.3 Å². The summed E-state index contributed by atoms with van der Waals surface area (Å²) in [5.74, 6) is 1.67. The molecule has 0 saturated carbocycles. The number of hydrogen-bond acceptors (Lipinski definition) is 3. The predicted molar refractivity (Wildman–Crippen MR) is 96.3 cm³/mol. The van der Waals surface area contributed by atoms with E-state index >= 15 is 0 Å². The van der Waals surface area contributed by atoms with Gasteiger partial charge in [0.15, 0.2) is 0 Å². The van der Waals surface area contributed by atoms with E-state index < -0.39 is 0 Å². The number of carbonyl (C=O) groups is 1. The molecule has 1 aromatic carbocycles. The molecule has 1 saturated heterocycles. The molecule has 1 aliphatic carbocycles. The number of nitrogens with zero attached hydrogens (tertiary/aromatic N) is 2. The van der Waals surface area contributed by atoms with E-state index in [2.05, 4.69) is 29.4 Å². The molecule has 0 aromatic heterocycles. The molecule has 1 aromatic rings. The number of cyclic esters (lactones) is 1. The first-order chi connectivity index (χ1) is 11.8. The summed E-state index contributed by atoms with van der Waals surface area (Å²) in [6.07, 6.45) is 9.56. The Hall–Kier alpha value is -1.81. The van der Waals surface area contributed by atoms with Crippen molar-refractivity contribution in [2.75, 3.05) is 12.5 Å². The van der Waals surface area contributed by atoms with Crippen LogP contribution in [0.25, 0.3) is 0 Å². The number of carbonyl (C=O) groups excluding carboxylic acids is 1. The molecular formula is C19H23ClN2O2. The monoisotopic (exact) mass is 346 g/mol. The molecule has 5 heteroatoms. The van der Waals surface area contributed by atoms with Crippen molar-refractivity contribution in [2.45, 2.75) is 31.7 Å². The van der Waals surface area contributed by atoms with Gasteiger partial charge in [0, 0.05) is 12.1 Å². The van der Waals surface area contributed by atoms with Gasteiger partial charge in [-0.05, 0) is 43.1 Å². The zero-order chi connectivity index (χ0) is 16.8. The first kappa shape index (κ1) is 17.0. The minimum absolute atomic E-state index is 0.0359. The minimum atomic E-state index is -0.357. The lowest BCUT2D eigenvalue weighted by atomic mass is 9.82. The lowest BCUT2D eigenvalue weighted by Gasteiger charge is -2.25. The third-order valence-electron chi connectivity index (χ3n) is 4.77. The Labute approximate surface area is 148 Å². The van der Waals surface area contributed by atoms with Gasteiger partial charge in [-0.15, -0.1) is 11.6 Å². The van der Waals surface area contributed by atoms with Gasteiger partial charge in [0.2, 0.25) is 0 Å². The maximum absolute atomic E-state index is 11.9. The molecule has 4 nitrogen and oxygen atoms in total. The number of hydrogen-bond donors (Lipinski definition) is 0. The third kappa shape index (κ3) is 4.18. The normalized spacial score (nSPS) is 27.0. The van der Waals surface area contributed by atoms with Gasteiger partial charge in [-0.3, -0.25) is 0 Å². The maximum atomic E-state index is 11.9. The lowest BCUT2D eigenvalue weighted by Crippen LogP contribution is -2.30. The van der Waals surface area contributed by atoms with E-state index in [1.165, 1.54) is 10.6 Å². The average Bonchev–Trinajstić information content (AvgIpc) is 2.96. The fourth-order valence-electron chi connectivity index (χ4n) is 3.30. The summed E-state index contributed by atoms with van der Waals surface area (Å²) in [4.78, 5) is 11.9. The third-order valence-corrected chi connectivity index (χ3v) is 5.17. The highest BCUT2D eigenvalue weighted by Gasteiger charge is 2.33. The van der Waals surface area contributed by atoms with Crippen LogP contribution in [0.1, 0.15) is 24.8 Å². The van der Waals surface area contributed by atoms with Gasteiger partial charge in [-0.25, -0.2) is 4.79 Å². The first-order valence-electron chi connectivity index (χ1n) is 8.51. The Morgan fingerprint density at radius 2 is 1.96 bits per heavy atom. The van der Waals surface area contributed by atoms with Gasteiger partial charge in [-0.2, -0.15) is 10.1 Å². The number of hydrazone groups is 1. The van der Waals surface area contributed by atoms with Crippen LogP contribution < -0.4 is 0 Å². The van der Waals surface area contributed by atoms with Crippen molar-refractivity contribution in [3.63, 3.8) is 0 Å². The molecule has 0 N–H and O–H groups in total. The average molecular weight is 347 g/mol. The number of rotatable bonds is 6. The first-order valence-corrected chi connectivity index (χ1v) is 9.04. The van der Waals surface area contributed by atoms with E-state index in [-0.39, 0.29) is 12.1 Å². The molecule has 0 radical (unpaired) electrons. The van der Waals surface area contributed by atoms with E-state index in [9.17, 15) is 4.79 Å². The number of ether oxygens (including phenoxy) is 1. The van der Waals surface area contributed by atoms with Crippen LogP contribution >= 0.6 is 11.6 Å². The summed E-state index contributed by atoms with van der Waals surface area (Å²) in [6.45, 7) is 0.390. The molecule has 1 fully saturated rings. The molecule has 1 aliphatic heterocycles. The highest BCUT2D eigenvalue weighted by atomic mass is 35.5. The van der Waals surface area contributed by atoms with E-state index in [0.717, 1.165) is 25.7 Å². The van der Waals surface area contributed by atoms with Crippen molar-refractivity contribution in [1.82, 2.24) is 5.01 Å². The lowest BCUT2D eigenvalue weighted by molar-refractivity contribution is 0.159. The topological polar surface area (TPSA) is 41.9 Å². The van der Waals surface area contributed by atoms with Crippen LogP contribution in [0.15, 0.2) is 47.6 Å². The summed E-state index contributed by atoms with van der Waals surface area (Å²) in [7, 11) is 0. The Bertz CT molecular complexity index is 603. The Kier molecular flexibility index (Phi) is 5.91.